The lowest BCUT2D eigenvalue weighted by molar-refractivity contribution is -0.0389. The zero-order chi connectivity index (χ0) is 23.0. The van der Waals surface area contributed by atoms with E-state index < -0.39 is 35.7 Å². The van der Waals surface area contributed by atoms with Gasteiger partial charge in [0.25, 0.3) is 0 Å². The molecule has 3 aromatic rings. The van der Waals surface area contributed by atoms with Crippen LogP contribution >= 0.6 is 11.8 Å². The molecule has 0 unspecified atom stereocenters. The average molecular weight is 465 g/mol. The second-order valence-corrected chi connectivity index (χ2v) is 8.62. The Kier molecular flexibility index (Phi) is 7.78. The van der Waals surface area contributed by atoms with Crippen LogP contribution in [0.5, 0.6) is 0 Å². The van der Waals surface area contributed by atoms with Crippen molar-refractivity contribution in [3.63, 3.8) is 0 Å². The van der Waals surface area contributed by atoms with Crippen molar-refractivity contribution in [2.24, 2.45) is 0 Å². The number of thioether (sulfide) groups is 1. The van der Waals surface area contributed by atoms with Crippen molar-refractivity contribution in [1.82, 2.24) is 0 Å². The fraction of sp³-hybridized carbons (Fsp3) is 0.231. The van der Waals surface area contributed by atoms with Gasteiger partial charge in [-0.15, -0.1) is 11.8 Å². The Morgan fingerprint density at radius 2 is 1.36 bits per heavy atom. The largest absolute Gasteiger partial charge is 0.459 e. The summed E-state index contributed by atoms with van der Waals surface area (Å²) in [6.45, 7) is -0.153. The van der Waals surface area contributed by atoms with Gasteiger partial charge >= 0.3 is 11.9 Å². The first kappa shape index (κ1) is 23.0. The minimum Gasteiger partial charge on any atom is -0.459 e. The lowest BCUT2D eigenvalue weighted by Crippen LogP contribution is -2.39. The van der Waals surface area contributed by atoms with Gasteiger partial charge in [-0.2, -0.15) is 0 Å². The van der Waals surface area contributed by atoms with Crippen LogP contribution in [0.25, 0.3) is 0 Å². The molecule has 1 saturated heterocycles. The summed E-state index contributed by atoms with van der Waals surface area (Å²) < 4.78 is 17.0. The Hall–Kier alpha value is -3.13. The van der Waals surface area contributed by atoms with Crippen molar-refractivity contribution in [1.29, 1.82) is 0 Å². The van der Waals surface area contributed by atoms with Crippen LogP contribution in [0.2, 0.25) is 0 Å². The summed E-state index contributed by atoms with van der Waals surface area (Å²) in [6.07, 6.45) is -2.85. The first-order valence-electron chi connectivity index (χ1n) is 10.6. The molecule has 0 aromatic heterocycles. The average Bonchev–Trinajstić information content (AvgIpc) is 3.17. The fourth-order valence-electron chi connectivity index (χ4n) is 3.46. The van der Waals surface area contributed by atoms with Crippen LogP contribution in [0.3, 0.4) is 0 Å². The van der Waals surface area contributed by atoms with Gasteiger partial charge in [0.05, 0.1) is 11.1 Å². The molecule has 0 bridgehead atoms. The van der Waals surface area contributed by atoms with Gasteiger partial charge in [0.2, 0.25) is 0 Å². The van der Waals surface area contributed by atoms with Crippen LogP contribution in [-0.4, -0.2) is 47.4 Å². The number of benzene rings is 3. The summed E-state index contributed by atoms with van der Waals surface area (Å²) >= 11 is 1.40. The maximum atomic E-state index is 12.6. The van der Waals surface area contributed by atoms with E-state index in [1.54, 1.807) is 60.7 Å². The van der Waals surface area contributed by atoms with Gasteiger partial charge in [-0.3, -0.25) is 0 Å². The predicted octanol–water partition coefficient (Wildman–Crippen LogP) is 4.09. The highest BCUT2D eigenvalue weighted by Gasteiger charge is 2.47. The van der Waals surface area contributed by atoms with Crippen LogP contribution in [0.1, 0.15) is 26.3 Å². The summed E-state index contributed by atoms with van der Waals surface area (Å²) in [6, 6.07) is 26.9. The zero-order valence-corrected chi connectivity index (χ0v) is 18.6. The first-order valence-corrected chi connectivity index (χ1v) is 11.6. The van der Waals surface area contributed by atoms with Gasteiger partial charge < -0.3 is 19.3 Å². The molecule has 0 spiro atoms. The van der Waals surface area contributed by atoms with E-state index in [0.717, 1.165) is 5.56 Å². The van der Waals surface area contributed by atoms with E-state index >= 15 is 0 Å². The van der Waals surface area contributed by atoms with E-state index in [-0.39, 0.29) is 6.61 Å². The third kappa shape index (κ3) is 6.01. The summed E-state index contributed by atoms with van der Waals surface area (Å²) in [4.78, 5) is 25.0. The quantitative estimate of drug-likeness (QED) is 0.503. The highest BCUT2D eigenvalue weighted by atomic mass is 32.2. The monoisotopic (exact) mass is 464 g/mol. The summed E-state index contributed by atoms with van der Waals surface area (Å²) in [5, 5.41) is 10.9. The normalized spacial score (nSPS) is 22.0. The molecule has 0 radical (unpaired) electrons. The Bertz CT molecular complexity index is 1040. The Morgan fingerprint density at radius 3 is 1.97 bits per heavy atom. The molecule has 1 fully saturated rings. The Labute approximate surface area is 196 Å². The first-order chi connectivity index (χ1) is 16.1. The number of carbonyl (C=O) groups is 2. The van der Waals surface area contributed by atoms with E-state index in [0.29, 0.717) is 16.9 Å². The van der Waals surface area contributed by atoms with E-state index in [2.05, 4.69) is 0 Å². The summed E-state index contributed by atoms with van der Waals surface area (Å²) in [5.74, 6) is -0.475. The lowest BCUT2D eigenvalue weighted by Gasteiger charge is -2.20. The van der Waals surface area contributed by atoms with Crippen LogP contribution < -0.4 is 0 Å². The van der Waals surface area contributed by atoms with Crippen molar-refractivity contribution in [3.8, 4) is 0 Å². The molecule has 170 valence electrons. The number of aliphatic hydroxyl groups excluding tert-OH is 1. The molecule has 7 heteroatoms. The van der Waals surface area contributed by atoms with Gasteiger partial charge in [0.1, 0.15) is 24.3 Å². The molecule has 6 nitrogen and oxygen atoms in total. The van der Waals surface area contributed by atoms with E-state index in [9.17, 15) is 14.7 Å². The van der Waals surface area contributed by atoms with E-state index in [1.165, 1.54) is 11.8 Å². The molecule has 0 saturated carbocycles. The van der Waals surface area contributed by atoms with Crippen molar-refractivity contribution in [2.75, 3.05) is 6.61 Å². The van der Waals surface area contributed by atoms with Crippen LogP contribution in [-0.2, 0) is 20.0 Å². The number of esters is 2. The van der Waals surface area contributed by atoms with Gasteiger partial charge in [-0.1, -0.05) is 66.7 Å². The van der Waals surface area contributed by atoms with Crippen molar-refractivity contribution < 1.29 is 28.9 Å². The minimum atomic E-state index is -1.08. The fourth-order valence-corrected chi connectivity index (χ4v) is 4.58. The molecular weight excluding hydrogens is 440 g/mol. The molecule has 33 heavy (non-hydrogen) atoms. The van der Waals surface area contributed by atoms with Gasteiger partial charge in [0, 0.05) is 5.75 Å². The number of rotatable bonds is 8. The highest BCUT2D eigenvalue weighted by Crippen LogP contribution is 2.34. The topological polar surface area (TPSA) is 82.1 Å². The molecule has 1 heterocycles. The molecule has 0 amide bonds. The maximum Gasteiger partial charge on any atom is 0.338 e. The number of aliphatic hydroxyl groups is 1. The second kappa shape index (κ2) is 11.1. The summed E-state index contributed by atoms with van der Waals surface area (Å²) in [7, 11) is 0. The van der Waals surface area contributed by atoms with Crippen molar-refractivity contribution in [3.05, 3.63) is 108 Å². The molecule has 1 N–H and O–H groups in total. The van der Waals surface area contributed by atoms with Crippen LogP contribution in [0.15, 0.2) is 91.0 Å². The molecule has 1 aliphatic rings. The highest BCUT2D eigenvalue weighted by molar-refractivity contribution is 7.99. The van der Waals surface area contributed by atoms with Crippen molar-refractivity contribution in [2.45, 2.75) is 29.5 Å². The number of hydrogen-bond donors (Lipinski definition) is 1. The molecule has 3 aromatic carbocycles. The molecule has 4 rings (SSSR count). The van der Waals surface area contributed by atoms with Gasteiger partial charge in [0.15, 0.2) is 6.10 Å². The third-order valence-electron chi connectivity index (χ3n) is 5.19. The minimum absolute atomic E-state index is 0.153. The lowest BCUT2D eigenvalue weighted by atomic mass is 10.1. The molecular formula is C26H24O6S. The van der Waals surface area contributed by atoms with Gasteiger partial charge in [-0.05, 0) is 29.8 Å². The third-order valence-corrected chi connectivity index (χ3v) is 6.41. The van der Waals surface area contributed by atoms with Crippen LogP contribution in [0.4, 0.5) is 0 Å². The predicted molar refractivity (Wildman–Crippen MR) is 125 cm³/mol. The van der Waals surface area contributed by atoms with Crippen molar-refractivity contribution >= 4 is 23.7 Å². The second-order valence-electron chi connectivity index (χ2n) is 7.53. The maximum absolute atomic E-state index is 12.6. The molecule has 0 aliphatic carbocycles. The number of carbonyl (C=O) groups excluding carboxylic acids is 2. The zero-order valence-electron chi connectivity index (χ0n) is 17.8. The number of hydrogen-bond acceptors (Lipinski definition) is 7. The van der Waals surface area contributed by atoms with E-state index in [1.807, 2.05) is 30.3 Å². The Balaban J connectivity index is 1.44. The SMILES string of the molecule is O=C(OC[C@H]1O[C@H](SCc2ccccc2)[C@@H](O)[C@@H]1OC(=O)c1ccccc1)c1ccccc1. The standard InChI is InChI=1S/C26H24O6S/c27-22-23(32-25(29)20-14-8-3-9-15-20)21(16-30-24(28)19-12-6-2-7-13-19)31-26(22)33-17-18-10-4-1-5-11-18/h1-15,21-23,26-27H,16-17H2/t21-,22+,23-,26-/m1/s1. The summed E-state index contributed by atoms with van der Waals surface area (Å²) in [5.41, 5.74) is 1.21. The smallest absolute Gasteiger partial charge is 0.338 e. The van der Waals surface area contributed by atoms with Crippen LogP contribution in [0, 0.1) is 0 Å². The number of ether oxygens (including phenoxy) is 3. The molecule has 1 aliphatic heterocycles. The van der Waals surface area contributed by atoms with E-state index in [4.69, 9.17) is 14.2 Å². The van der Waals surface area contributed by atoms with Gasteiger partial charge in [-0.25, -0.2) is 9.59 Å². The Morgan fingerprint density at radius 1 is 0.818 bits per heavy atom. The molecule has 4 atom stereocenters.